The first-order valence-electron chi connectivity index (χ1n) is 6.87. The SMILES string of the molecule is CS(=O)(=O)O[C@@H]1[C@@H](O)[C@H](N2C(Cl)=Nc3nc[nH]c3C2N)O[C@@H]1CO. The van der Waals surface area contributed by atoms with E-state index in [0.717, 1.165) is 6.26 Å². The number of amidine groups is 1. The molecule has 1 saturated heterocycles. The predicted molar refractivity (Wildman–Crippen MR) is 81.8 cm³/mol. The van der Waals surface area contributed by atoms with E-state index in [1.54, 1.807) is 0 Å². The minimum absolute atomic E-state index is 0.0946. The number of hydrogen-bond donors (Lipinski definition) is 4. The van der Waals surface area contributed by atoms with Gasteiger partial charge in [0.05, 0.1) is 24.9 Å². The van der Waals surface area contributed by atoms with Gasteiger partial charge in [-0.1, -0.05) is 0 Å². The third kappa shape index (κ3) is 3.01. The van der Waals surface area contributed by atoms with Gasteiger partial charge >= 0.3 is 0 Å². The van der Waals surface area contributed by atoms with Gasteiger partial charge in [0.25, 0.3) is 10.1 Å². The van der Waals surface area contributed by atoms with E-state index in [0.29, 0.717) is 11.5 Å². The van der Waals surface area contributed by atoms with Crippen LogP contribution in [0.25, 0.3) is 0 Å². The van der Waals surface area contributed by atoms with E-state index in [1.807, 2.05) is 0 Å². The van der Waals surface area contributed by atoms with Crippen molar-refractivity contribution in [2.45, 2.75) is 30.7 Å². The number of nitrogens with two attached hydrogens (primary N) is 1. The average molecular weight is 382 g/mol. The molecule has 1 aromatic heterocycles. The molecule has 1 fully saturated rings. The fourth-order valence-electron chi connectivity index (χ4n) is 2.68. The third-order valence-corrected chi connectivity index (χ3v) is 4.56. The second-order valence-corrected chi connectivity index (χ2v) is 7.31. The molecule has 0 amide bonds. The monoisotopic (exact) mass is 381 g/mol. The first kappa shape index (κ1) is 17.5. The van der Waals surface area contributed by atoms with Crippen molar-refractivity contribution in [1.29, 1.82) is 0 Å². The molecule has 13 heteroatoms. The highest BCUT2D eigenvalue weighted by Gasteiger charge is 2.51. The van der Waals surface area contributed by atoms with E-state index < -0.39 is 47.4 Å². The Labute approximate surface area is 142 Å². The molecular weight excluding hydrogens is 366 g/mol. The average Bonchev–Trinajstić information content (AvgIpc) is 3.05. The second kappa shape index (κ2) is 6.22. The van der Waals surface area contributed by atoms with E-state index >= 15 is 0 Å². The summed E-state index contributed by atoms with van der Waals surface area (Å²) in [5.74, 6) is 0.305. The maximum Gasteiger partial charge on any atom is 0.264 e. The molecule has 0 aromatic carbocycles. The number of aromatic nitrogens is 2. The van der Waals surface area contributed by atoms with Crippen molar-refractivity contribution < 1.29 is 27.6 Å². The van der Waals surface area contributed by atoms with E-state index in [2.05, 4.69) is 15.0 Å². The van der Waals surface area contributed by atoms with E-state index in [1.165, 1.54) is 11.2 Å². The van der Waals surface area contributed by atoms with E-state index in [-0.39, 0.29) is 5.29 Å². The molecule has 3 rings (SSSR count). The summed E-state index contributed by atoms with van der Waals surface area (Å²) < 4.78 is 33.1. The van der Waals surface area contributed by atoms with Crippen LogP contribution in [0.2, 0.25) is 0 Å². The van der Waals surface area contributed by atoms with Crippen LogP contribution < -0.4 is 5.73 Å². The van der Waals surface area contributed by atoms with Crippen molar-refractivity contribution in [1.82, 2.24) is 14.9 Å². The van der Waals surface area contributed by atoms with E-state index in [9.17, 15) is 18.6 Å². The van der Waals surface area contributed by atoms with Crippen LogP contribution in [0.1, 0.15) is 11.9 Å². The number of imidazole rings is 1. The molecule has 5 N–H and O–H groups in total. The molecule has 1 unspecified atom stereocenters. The number of nitrogens with one attached hydrogen (secondary N) is 1. The van der Waals surface area contributed by atoms with Crippen molar-refractivity contribution in [2.75, 3.05) is 12.9 Å². The van der Waals surface area contributed by atoms with Crippen LogP contribution in [0.5, 0.6) is 0 Å². The summed E-state index contributed by atoms with van der Waals surface area (Å²) >= 11 is 6.11. The fourth-order valence-corrected chi connectivity index (χ4v) is 3.61. The van der Waals surface area contributed by atoms with Crippen molar-refractivity contribution in [3.05, 3.63) is 12.0 Å². The zero-order valence-electron chi connectivity index (χ0n) is 12.4. The Morgan fingerprint density at radius 3 is 2.92 bits per heavy atom. The quantitative estimate of drug-likeness (QED) is 0.352. The molecule has 0 radical (unpaired) electrons. The molecule has 0 spiro atoms. The molecule has 3 heterocycles. The topological polar surface area (TPSA) is 163 Å². The Morgan fingerprint density at radius 1 is 1.58 bits per heavy atom. The number of nitrogens with zero attached hydrogens (tertiary/aromatic N) is 3. The van der Waals surface area contributed by atoms with Gasteiger partial charge in [-0.15, -0.1) is 0 Å². The lowest BCUT2D eigenvalue weighted by Gasteiger charge is -2.36. The summed E-state index contributed by atoms with van der Waals surface area (Å²) in [6.45, 7) is -0.569. The Balaban J connectivity index is 1.90. The van der Waals surface area contributed by atoms with Gasteiger partial charge in [0, 0.05) is 0 Å². The van der Waals surface area contributed by atoms with Gasteiger partial charge < -0.3 is 25.7 Å². The zero-order valence-corrected chi connectivity index (χ0v) is 14.0. The Morgan fingerprint density at radius 2 is 2.29 bits per heavy atom. The van der Waals surface area contributed by atoms with Gasteiger partial charge in [-0.25, -0.2) is 4.98 Å². The molecule has 1 aromatic rings. The highest BCUT2D eigenvalue weighted by Crippen LogP contribution is 2.36. The van der Waals surface area contributed by atoms with Gasteiger partial charge in [0.2, 0.25) is 5.29 Å². The smallest absolute Gasteiger partial charge is 0.264 e. The molecule has 2 aliphatic heterocycles. The zero-order chi connectivity index (χ0) is 17.6. The molecule has 5 atom stereocenters. The van der Waals surface area contributed by atoms with Crippen LogP contribution in [0.3, 0.4) is 0 Å². The van der Waals surface area contributed by atoms with Crippen LogP contribution in [0.4, 0.5) is 5.82 Å². The molecule has 11 nitrogen and oxygen atoms in total. The molecular formula is C11H16ClN5O6S. The van der Waals surface area contributed by atoms with Crippen LogP contribution in [0, 0.1) is 0 Å². The first-order chi connectivity index (χ1) is 11.2. The second-order valence-electron chi connectivity index (χ2n) is 5.38. The number of aliphatic imine (C=N–C) groups is 1. The minimum Gasteiger partial charge on any atom is -0.394 e. The Kier molecular flexibility index (Phi) is 4.55. The predicted octanol–water partition coefficient (Wildman–Crippen LogP) is -1.67. The minimum atomic E-state index is -3.88. The summed E-state index contributed by atoms with van der Waals surface area (Å²) in [5.41, 5.74) is 6.55. The van der Waals surface area contributed by atoms with Crippen molar-refractivity contribution in [3.8, 4) is 0 Å². The highest BCUT2D eigenvalue weighted by molar-refractivity contribution is 7.86. The normalized spacial score (nSPS) is 33.5. The maximum absolute atomic E-state index is 11.4. The van der Waals surface area contributed by atoms with Crippen LogP contribution in [-0.4, -0.2) is 76.2 Å². The first-order valence-corrected chi connectivity index (χ1v) is 9.06. The number of hydrogen-bond acceptors (Lipinski definition) is 10. The number of fused-ring (bicyclic) bond motifs is 1. The molecule has 0 saturated carbocycles. The van der Waals surface area contributed by atoms with Gasteiger partial charge in [-0.05, 0) is 11.6 Å². The van der Waals surface area contributed by atoms with Crippen molar-refractivity contribution >= 4 is 32.8 Å². The highest BCUT2D eigenvalue weighted by atomic mass is 35.5. The van der Waals surface area contributed by atoms with E-state index in [4.69, 9.17) is 26.3 Å². The number of halogens is 1. The lowest BCUT2D eigenvalue weighted by Crippen LogP contribution is -2.51. The number of H-pyrrole nitrogens is 1. The van der Waals surface area contributed by atoms with Crippen LogP contribution >= 0.6 is 11.6 Å². The van der Waals surface area contributed by atoms with Crippen molar-refractivity contribution in [2.24, 2.45) is 10.7 Å². The summed E-state index contributed by atoms with van der Waals surface area (Å²) in [4.78, 5) is 12.1. The Bertz CT molecular complexity index is 754. The lowest BCUT2D eigenvalue weighted by atomic mass is 10.1. The van der Waals surface area contributed by atoms with Gasteiger partial charge in [-0.3, -0.25) is 9.08 Å². The molecule has 0 bridgehead atoms. The largest absolute Gasteiger partial charge is 0.394 e. The number of ether oxygens (including phenoxy) is 1. The number of aromatic amines is 1. The molecule has 24 heavy (non-hydrogen) atoms. The molecule has 2 aliphatic rings. The summed E-state index contributed by atoms with van der Waals surface area (Å²) in [5, 5.41) is 19.7. The standard InChI is InChI=1S/C11H16ClN5O6S/c1-24(20,21)23-7-4(2-18)22-10(6(7)19)17-8(13)5-9(15-3-14-5)16-11(17)12/h3-4,6-8,10,18-19H,2,13H2,1H3,(H,14,15)/t4-,6-,7+,8?,10-/m1/s1. The van der Waals surface area contributed by atoms with Gasteiger partial charge in [0.15, 0.2) is 12.0 Å². The number of aliphatic hydroxyl groups excluding tert-OH is 2. The van der Waals surface area contributed by atoms with Gasteiger partial charge in [-0.2, -0.15) is 13.4 Å². The lowest BCUT2D eigenvalue weighted by molar-refractivity contribution is -0.0831. The molecule has 0 aliphatic carbocycles. The Hall–Kier alpha value is -1.28. The third-order valence-electron chi connectivity index (χ3n) is 3.70. The summed E-state index contributed by atoms with van der Waals surface area (Å²) in [6.07, 6.45) is -3.66. The van der Waals surface area contributed by atoms with Crippen LogP contribution in [-0.2, 0) is 19.0 Å². The summed E-state index contributed by atoms with van der Waals surface area (Å²) in [7, 11) is -3.88. The maximum atomic E-state index is 11.4. The molecule has 134 valence electrons. The van der Waals surface area contributed by atoms with Crippen molar-refractivity contribution in [3.63, 3.8) is 0 Å². The van der Waals surface area contributed by atoms with Crippen LogP contribution in [0.15, 0.2) is 11.3 Å². The number of aliphatic hydroxyl groups is 2. The summed E-state index contributed by atoms with van der Waals surface area (Å²) in [6, 6.07) is 0. The number of rotatable bonds is 4. The van der Waals surface area contributed by atoms with Gasteiger partial charge in [0.1, 0.15) is 24.5 Å². The fraction of sp³-hybridized carbons (Fsp3) is 0.636.